The van der Waals surface area contributed by atoms with Crippen molar-refractivity contribution in [3.63, 3.8) is 0 Å². The third kappa shape index (κ3) is 4.55. The van der Waals surface area contributed by atoms with Crippen molar-refractivity contribution >= 4 is 0 Å². The smallest absolute Gasteiger partial charge is 0.0517 e. The molecule has 2 nitrogen and oxygen atoms in total. The highest BCUT2D eigenvalue weighted by molar-refractivity contribution is 4.88. The Hall–Kier alpha value is -0.0800. The normalized spacial score (nSPS) is 31.3. The average Bonchev–Trinajstić information content (AvgIpc) is 3.09. The van der Waals surface area contributed by atoms with Gasteiger partial charge in [-0.1, -0.05) is 26.7 Å². The van der Waals surface area contributed by atoms with Crippen molar-refractivity contribution in [3.05, 3.63) is 0 Å². The number of rotatable bonds is 6. The van der Waals surface area contributed by atoms with E-state index in [1.54, 1.807) is 0 Å². The molecule has 0 spiro atoms. The molecule has 0 aliphatic heterocycles. The lowest BCUT2D eigenvalue weighted by Gasteiger charge is -2.34. The van der Waals surface area contributed by atoms with Gasteiger partial charge in [-0.25, -0.2) is 0 Å². The zero-order valence-corrected chi connectivity index (χ0v) is 12.4. The van der Waals surface area contributed by atoms with Gasteiger partial charge in [-0.3, -0.25) is 0 Å². The molecular formula is C16H31NO. The first kappa shape index (κ1) is 14.3. The molecule has 0 amide bonds. The van der Waals surface area contributed by atoms with Crippen LogP contribution in [0.5, 0.6) is 0 Å². The van der Waals surface area contributed by atoms with Crippen molar-refractivity contribution in [1.82, 2.24) is 5.32 Å². The second kappa shape index (κ2) is 5.92. The lowest BCUT2D eigenvalue weighted by atomic mass is 9.81. The van der Waals surface area contributed by atoms with Crippen molar-refractivity contribution < 1.29 is 5.11 Å². The van der Waals surface area contributed by atoms with Crippen LogP contribution in [0, 0.1) is 17.3 Å². The van der Waals surface area contributed by atoms with E-state index >= 15 is 0 Å². The maximum absolute atomic E-state index is 9.52. The minimum absolute atomic E-state index is 0.188. The van der Waals surface area contributed by atoms with Gasteiger partial charge in [-0.05, 0) is 56.3 Å². The molecular weight excluding hydrogens is 222 g/mol. The van der Waals surface area contributed by atoms with Gasteiger partial charge in [0.2, 0.25) is 0 Å². The van der Waals surface area contributed by atoms with Crippen LogP contribution in [-0.2, 0) is 0 Å². The van der Waals surface area contributed by atoms with E-state index in [0.717, 1.165) is 30.8 Å². The molecule has 2 N–H and O–H groups in total. The second-order valence-electron chi connectivity index (χ2n) is 7.56. The maximum Gasteiger partial charge on any atom is 0.0517 e. The molecule has 0 aromatic rings. The molecule has 0 unspecified atom stereocenters. The average molecular weight is 253 g/mol. The Kier molecular flexibility index (Phi) is 4.71. The van der Waals surface area contributed by atoms with Gasteiger partial charge in [-0.15, -0.1) is 0 Å². The highest BCUT2D eigenvalue weighted by Crippen LogP contribution is 2.43. The minimum atomic E-state index is -0.188. The summed E-state index contributed by atoms with van der Waals surface area (Å²) in [5.74, 6) is 2.08. The van der Waals surface area contributed by atoms with Gasteiger partial charge in [0.05, 0.1) is 6.10 Å². The van der Waals surface area contributed by atoms with E-state index < -0.39 is 0 Å². The molecule has 0 radical (unpaired) electrons. The third-order valence-electron chi connectivity index (χ3n) is 4.72. The van der Waals surface area contributed by atoms with E-state index in [0.29, 0.717) is 0 Å². The van der Waals surface area contributed by atoms with Gasteiger partial charge in [-0.2, -0.15) is 0 Å². The molecule has 2 saturated carbocycles. The van der Waals surface area contributed by atoms with Crippen LogP contribution in [0.2, 0.25) is 0 Å². The SMILES string of the molecule is C[C@H](O)CC(C)(C)CN[C@H]1CCC[C@@H](C2CC2)C1. The molecule has 2 aliphatic rings. The van der Waals surface area contributed by atoms with Crippen LogP contribution in [0.3, 0.4) is 0 Å². The van der Waals surface area contributed by atoms with Crippen LogP contribution in [0.1, 0.15) is 65.7 Å². The molecule has 0 saturated heterocycles. The fourth-order valence-electron chi connectivity index (χ4n) is 3.70. The minimum Gasteiger partial charge on any atom is -0.393 e. The standard InChI is InChI=1S/C16H31NO/c1-12(18)10-16(2,3)11-17-15-6-4-5-14(9-15)13-7-8-13/h12-15,17-18H,4-11H2,1-3H3/t12-,14+,15-/m0/s1. The van der Waals surface area contributed by atoms with Crippen molar-refractivity contribution in [3.8, 4) is 0 Å². The first-order valence-corrected chi connectivity index (χ1v) is 7.88. The van der Waals surface area contributed by atoms with E-state index in [1.807, 2.05) is 6.92 Å². The highest BCUT2D eigenvalue weighted by Gasteiger charge is 2.34. The van der Waals surface area contributed by atoms with Crippen molar-refractivity contribution in [2.24, 2.45) is 17.3 Å². The predicted molar refractivity (Wildman–Crippen MR) is 76.6 cm³/mol. The van der Waals surface area contributed by atoms with E-state index in [4.69, 9.17) is 0 Å². The Morgan fingerprint density at radius 3 is 2.50 bits per heavy atom. The summed E-state index contributed by atoms with van der Waals surface area (Å²) < 4.78 is 0. The second-order valence-corrected chi connectivity index (χ2v) is 7.56. The predicted octanol–water partition coefficient (Wildman–Crippen LogP) is 3.34. The summed E-state index contributed by atoms with van der Waals surface area (Å²) in [6.07, 6.45) is 9.32. The third-order valence-corrected chi connectivity index (χ3v) is 4.72. The largest absolute Gasteiger partial charge is 0.393 e. The van der Waals surface area contributed by atoms with Crippen LogP contribution in [0.25, 0.3) is 0 Å². The fourth-order valence-corrected chi connectivity index (χ4v) is 3.70. The van der Waals surface area contributed by atoms with Crippen LogP contribution in [-0.4, -0.2) is 23.8 Å². The molecule has 2 heteroatoms. The van der Waals surface area contributed by atoms with Crippen LogP contribution >= 0.6 is 0 Å². The molecule has 0 bridgehead atoms. The lowest BCUT2D eigenvalue weighted by Crippen LogP contribution is -2.41. The summed E-state index contributed by atoms with van der Waals surface area (Å²) in [7, 11) is 0. The number of aliphatic hydroxyl groups excluding tert-OH is 1. The summed E-state index contributed by atoms with van der Waals surface area (Å²) in [4.78, 5) is 0. The monoisotopic (exact) mass is 253 g/mol. The van der Waals surface area contributed by atoms with Crippen molar-refractivity contribution in [1.29, 1.82) is 0 Å². The Morgan fingerprint density at radius 2 is 1.89 bits per heavy atom. The molecule has 106 valence electrons. The van der Waals surface area contributed by atoms with Crippen molar-refractivity contribution in [2.75, 3.05) is 6.54 Å². The fraction of sp³-hybridized carbons (Fsp3) is 1.00. The van der Waals surface area contributed by atoms with Gasteiger partial charge in [0.25, 0.3) is 0 Å². The Labute approximate surface area is 113 Å². The summed E-state index contributed by atoms with van der Waals surface area (Å²) >= 11 is 0. The molecule has 3 atom stereocenters. The number of aliphatic hydroxyl groups is 1. The summed E-state index contributed by atoms with van der Waals surface area (Å²) in [6.45, 7) is 7.45. The Balaban J connectivity index is 1.71. The first-order valence-electron chi connectivity index (χ1n) is 7.88. The summed E-state index contributed by atoms with van der Waals surface area (Å²) in [5.41, 5.74) is 0.209. The van der Waals surface area contributed by atoms with Gasteiger partial charge < -0.3 is 10.4 Å². The number of nitrogens with one attached hydrogen (secondary N) is 1. The molecule has 0 heterocycles. The molecule has 2 aliphatic carbocycles. The zero-order valence-electron chi connectivity index (χ0n) is 12.4. The van der Waals surface area contributed by atoms with E-state index in [1.165, 1.54) is 38.5 Å². The number of hydrogen-bond acceptors (Lipinski definition) is 2. The van der Waals surface area contributed by atoms with Crippen LogP contribution in [0.4, 0.5) is 0 Å². The molecule has 2 rings (SSSR count). The van der Waals surface area contributed by atoms with E-state index in [2.05, 4.69) is 19.2 Å². The quantitative estimate of drug-likeness (QED) is 0.761. The van der Waals surface area contributed by atoms with Crippen LogP contribution < -0.4 is 5.32 Å². The summed E-state index contributed by atoms with van der Waals surface area (Å²) in [6, 6.07) is 0.734. The maximum atomic E-state index is 9.52. The first-order chi connectivity index (χ1) is 8.46. The van der Waals surface area contributed by atoms with E-state index in [9.17, 15) is 5.11 Å². The van der Waals surface area contributed by atoms with Gasteiger partial charge >= 0.3 is 0 Å². The van der Waals surface area contributed by atoms with Gasteiger partial charge in [0, 0.05) is 12.6 Å². The van der Waals surface area contributed by atoms with Crippen molar-refractivity contribution in [2.45, 2.75) is 77.9 Å². The van der Waals surface area contributed by atoms with E-state index in [-0.39, 0.29) is 11.5 Å². The summed E-state index contributed by atoms with van der Waals surface area (Å²) in [5, 5.41) is 13.3. The zero-order chi connectivity index (χ0) is 13.2. The van der Waals surface area contributed by atoms with Gasteiger partial charge in [0.1, 0.15) is 0 Å². The Bertz CT molecular complexity index is 258. The van der Waals surface area contributed by atoms with Gasteiger partial charge in [0.15, 0.2) is 0 Å². The molecule has 0 aromatic carbocycles. The van der Waals surface area contributed by atoms with Crippen LogP contribution in [0.15, 0.2) is 0 Å². The number of hydrogen-bond donors (Lipinski definition) is 2. The molecule has 2 fully saturated rings. The topological polar surface area (TPSA) is 32.3 Å². The highest BCUT2D eigenvalue weighted by atomic mass is 16.3. The lowest BCUT2D eigenvalue weighted by molar-refractivity contribution is 0.123. The molecule has 18 heavy (non-hydrogen) atoms. The molecule has 0 aromatic heterocycles. The Morgan fingerprint density at radius 1 is 1.17 bits per heavy atom.